The fraction of sp³-hybridized carbons (Fsp3) is 0.143. The van der Waals surface area contributed by atoms with Crippen LogP contribution < -0.4 is 4.74 Å². The van der Waals surface area contributed by atoms with Crippen LogP contribution in [-0.2, 0) is 6.18 Å². The Morgan fingerprint density at radius 2 is 2.00 bits per heavy atom. The topological polar surface area (TPSA) is 39.2 Å². The predicted molar refractivity (Wildman–Crippen MR) is 70.8 cm³/mol. The van der Waals surface area contributed by atoms with Crippen molar-refractivity contribution < 1.29 is 22.7 Å². The largest absolute Gasteiger partial charge is 0.438 e. The summed E-state index contributed by atoms with van der Waals surface area (Å²) in [5, 5.41) is -0.266. The number of pyridine rings is 1. The molecular formula is C14H9ClF3NO2. The van der Waals surface area contributed by atoms with Gasteiger partial charge >= 0.3 is 6.18 Å². The van der Waals surface area contributed by atoms with E-state index in [1.807, 2.05) is 0 Å². The molecule has 0 saturated carbocycles. The van der Waals surface area contributed by atoms with Gasteiger partial charge in [0, 0.05) is 11.8 Å². The van der Waals surface area contributed by atoms with E-state index in [0.717, 1.165) is 6.07 Å². The van der Waals surface area contributed by atoms with Crippen LogP contribution in [0.1, 0.15) is 22.8 Å². The van der Waals surface area contributed by atoms with Gasteiger partial charge in [-0.25, -0.2) is 4.98 Å². The summed E-state index contributed by atoms with van der Waals surface area (Å²) < 4.78 is 42.8. The average molecular weight is 316 g/mol. The molecule has 1 aromatic carbocycles. The molecule has 0 saturated heterocycles. The number of benzene rings is 1. The van der Waals surface area contributed by atoms with Gasteiger partial charge in [-0.2, -0.15) is 13.2 Å². The van der Waals surface area contributed by atoms with E-state index >= 15 is 0 Å². The third kappa shape index (κ3) is 3.72. The Hall–Kier alpha value is -2.08. The van der Waals surface area contributed by atoms with E-state index in [4.69, 9.17) is 16.3 Å². The Bertz CT molecular complexity index is 686. The van der Waals surface area contributed by atoms with Crippen LogP contribution in [0.3, 0.4) is 0 Å². The molecule has 21 heavy (non-hydrogen) atoms. The lowest BCUT2D eigenvalue weighted by atomic mass is 10.1. The molecule has 2 rings (SSSR count). The molecule has 0 aliphatic heterocycles. The SMILES string of the molecule is CC(=O)c1cccc(Oc2ncc(C(F)(F)F)cc2Cl)c1. The van der Waals surface area contributed by atoms with Crippen molar-refractivity contribution >= 4 is 17.4 Å². The summed E-state index contributed by atoms with van der Waals surface area (Å²) in [5.74, 6) is -0.0610. The first kappa shape index (κ1) is 15.3. The van der Waals surface area contributed by atoms with E-state index in [0.29, 0.717) is 11.8 Å². The third-order valence-corrected chi connectivity index (χ3v) is 2.86. The number of carbonyl (C=O) groups is 1. The Morgan fingerprint density at radius 3 is 2.57 bits per heavy atom. The minimum Gasteiger partial charge on any atom is -0.438 e. The molecule has 0 radical (unpaired) electrons. The number of aromatic nitrogens is 1. The summed E-state index contributed by atoms with van der Waals surface area (Å²) in [6, 6.07) is 6.92. The Morgan fingerprint density at radius 1 is 1.29 bits per heavy atom. The molecule has 1 heterocycles. The number of alkyl halides is 3. The van der Waals surface area contributed by atoms with Gasteiger partial charge in [-0.15, -0.1) is 0 Å². The number of hydrogen-bond donors (Lipinski definition) is 0. The smallest absolute Gasteiger partial charge is 0.417 e. The molecule has 0 fully saturated rings. The van der Waals surface area contributed by atoms with Crippen molar-refractivity contribution in [3.63, 3.8) is 0 Å². The molecule has 3 nitrogen and oxygen atoms in total. The Balaban J connectivity index is 2.28. The maximum absolute atomic E-state index is 12.5. The fourth-order valence-electron chi connectivity index (χ4n) is 1.55. The maximum Gasteiger partial charge on any atom is 0.417 e. The highest BCUT2D eigenvalue weighted by Gasteiger charge is 2.31. The van der Waals surface area contributed by atoms with Gasteiger partial charge in [-0.05, 0) is 25.1 Å². The van der Waals surface area contributed by atoms with E-state index in [1.54, 1.807) is 18.2 Å². The van der Waals surface area contributed by atoms with E-state index in [2.05, 4.69) is 4.98 Å². The molecule has 0 N–H and O–H groups in total. The summed E-state index contributed by atoms with van der Waals surface area (Å²) in [6.07, 6.45) is -3.89. The zero-order chi connectivity index (χ0) is 15.6. The summed E-state index contributed by atoms with van der Waals surface area (Å²) in [4.78, 5) is 14.8. The molecule has 110 valence electrons. The van der Waals surface area contributed by atoms with E-state index < -0.39 is 11.7 Å². The highest BCUT2D eigenvalue weighted by Crippen LogP contribution is 2.34. The third-order valence-electron chi connectivity index (χ3n) is 2.59. The van der Waals surface area contributed by atoms with E-state index in [9.17, 15) is 18.0 Å². The molecule has 1 aromatic heterocycles. The zero-order valence-corrected chi connectivity index (χ0v) is 11.5. The monoisotopic (exact) mass is 315 g/mol. The van der Waals surface area contributed by atoms with Crippen LogP contribution in [0.25, 0.3) is 0 Å². The lowest BCUT2D eigenvalue weighted by Crippen LogP contribution is -2.05. The summed E-state index contributed by atoms with van der Waals surface area (Å²) in [7, 11) is 0. The highest BCUT2D eigenvalue weighted by molar-refractivity contribution is 6.31. The second kappa shape index (κ2) is 5.73. The number of ether oxygens (including phenoxy) is 1. The number of halogens is 4. The molecule has 0 aliphatic rings. The summed E-state index contributed by atoms with van der Waals surface area (Å²) >= 11 is 5.73. The molecule has 0 unspecified atom stereocenters. The van der Waals surface area contributed by atoms with Crippen molar-refractivity contribution in [2.45, 2.75) is 13.1 Å². The zero-order valence-electron chi connectivity index (χ0n) is 10.7. The van der Waals surface area contributed by atoms with Gasteiger partial charge in [0.1, 0.15) is 10.8 Å². The Kier molecular flexibility index (Phi) is 4.18. The first-order valence-corrected chi connectivity index (χ1v) is 6.17. The standard InChI is InChI=1S/C14H9ClF3NO2/c1-8(20)9-3-2-4-11(5-9)21-13-12(15)6-10(7-19-13)14(16,17)18/h2-7H,1H3. The van der Waals surface area contributed by atoms with Crippen LogP contribution in [-0.4, -0.2) is 10.8 Å². The molecule has 0 atom stereocenters. The van der Waals surface area contributed by atoms with Gasteiger partial charge in [-0.3, -0.25) is 4.79 Å². The predicted octanol–water partition coefficient (Wildman–Crippen LogP) is 4.75. The molecule has 7 heteroatoms. The minimum absolute atomic E-state index is 0.160. The molecule has 0 aliphatic carbocycles. The van der Waals surface area contributed by atoms with Crippen LogP contribution in [0, 0.1) is 0 Å². The number of nitrogens with zero attached hydrogens (tertiary/aromatic N) is 1. The fourth-order valence-corrected chi connectivity index (χ4v) is 1.75. The maximum atomic E-state index is 12.5. The number of ketones is 1. The van der Waals surface area contributed by atoms with Crippen molar-refractivity contribution in [2.24, 2.45) is 0 Å². The van der Waals surface area contributed by atoms with Gasteiger partial charge in [0.15, 0.2) is 5.78 Å². The molecule has 0 bridgehead atoms. The second-order valence-electron chi connectivity index (χ2n) is 4.19. The number of carbonyl (C=O) groups excluding carboxylic acids is 1. The van der Waals surface area contributed by atoms with Crippen molar-refractivity contribution in [3.05, 3.63) is 52.7 Å². The van der Waals surface area contributed by atoms with Gasteiger partial charge in [-0.1, -0.05) is 23.7 Å². The highest BCUT2D eigenvalue weighted by atomic mass is 35.5. The number of Topliss-reactive ketones (excluding diaryl/α,β-unsaturated/α-hetero) is 1. The molecule has 0 amide bonds. The quantitative estimate of drug-likeness (QED) is 0.767. The van der Waals surface area contributed by atoms with Gasteiger partial charge in [0.05, 0.1) is 5.56 Å². The van der Waals surface area contributed by atoms with Crippen LogP contribution in [0.2, 0.25) is 5.02 Å². The van der Waals surface area contributed by atoms with E-state index in [1.165, 1.54) is 13.0 Å². The molecule has 2 aromatic rings. The van der Waals surface area contributed by atoms with Crippen LogP contribution in [0.4, 0.5) is 13.2 Å². The van der Waals surface area contributed by atoms with Crippen LogP contribution >= 0.6 is 11.6 Å². The van der Waals surface area contributed by atoms with Crippen molar-refractivity contribution in [2.75, 3.05) is 0 Å². The summed E-state index contributed by atoms with van der Waals surface area (Å²) in [5.41, 5.74) is -0.548. The first-order valence-electron chi connectivity index (χ1n) is 5.79. The lowest BCUT2D eigenvalue weighted by molar-refractivity contribution is -0.137. The number of rotatable bonds is 3. The number of hydrogen-bond acceptors (Lipinski definition) is 3. The lowest BCUT2D eigenvalue weighted by Gasteiger charge is -2.10. The Labute approximate surface area is 123 Å². The van der Waals surface area contributed by atoms with Crippen molar-refractivity contribution in [3.8, 4) is 11.6 Å². The molecular weight excluding hydrogens is 307 g/mol. The molecule has 0 spiro atoms. The van der Waals surface area contributed by atoms with Crippen LogP contribution in [0.15, 0.2) is 36.5 Å². The normalized spacial score (nSPS) is 11.3. The van der Waals surface area contributed by atoms with Gasteiger partial charge in [0.25, 0.3) is 0 Å². The average Bonchev–Trinajstić information content (AvgIpc) is 2.40. The van der Waals surface area contributed by atoms with Crippen molar-refractivity contribution in [1.82, 2.24) is 4.98 Å². The van der Waals surface area contributed by atoms with Crippen LogP contribution in [0.5, 0.6) is 11.6 Å². The van der Waals surface area contributed by atoms with E-state index in [-0.39, 0.29) is 22.4 Å². The van der Waals surface area contributed by atoms with Gasteiger partial charge in [0.2, 0.25) is 5.88 Å². The van der Waals surface area contributed by atoms with Crippen molar-refractivity contribution in [1.29, 1.82) is 0 Å². The first-order chi connectivity index (χ1) is 9.77. The summed E-state index contributed by atoms with van der Waals surface area (Å²) in [6.45, 7) is 1.39. The minimum atomic E-state index is -4.52. The second-order valence-corrected chi connectivity index (χ2v) is 4.60. The van der Waals surface area contributed by atoms with Gasteiger partial charge < -0.3 is 4.74 Å².